The Morgan fingerprint density at radius 2 is 0.870 bits per heavy atom. The van der Waals surface area contributed by atoms with E-state index in [1.165, 1.54) is 0 Å². The van der Waals surface area contributed by atoms with E-state index in [4.69, 9.17) is 38.6 Å². The monoisotopic (exact) mass is 362 g/mol. The van der Waals surface area contributed by atoms with Gasteiger partial charge in [-0.3, -0.25) is 4.52 Å². The summed E-state index contributed by atoms with van der Waals surface area (Å²) < 4.78 is 40.3. The van der Waals surface area contributed by atoms with E-state index in [-0.39, 0.29) is 19.8 Å². The molecule has 0 saturated carbocycles. The van der Waals surface area contributed by atoms with Crippen LogP contribution in [0.2, 0.25) is 0 Å². The molecular weight excluding hydrogens is 335 g/mol. The Morgan fingerprint density at radius 3 is 1.17 bits per heavy atom. The van der Waals surface area contributed by atoms with Gasteiger partial charge in [-0.05, 0) is 0 Å². The van der Waals surface area contributed by atoms with E-state index in [1.807, 2.05) is 0 Å². The topological polar surface area (TPSA) is 133 Å². The average Bonchev–Trinajstić information content (AvgIpc) is 2.49. The minimum absolute atomic E-state index is 0.00925. The molecule has 0 saturated heterocycles. The summed E-state index contributed by atoms with van der Waals surface area (Å²) in [7, 11) is -4.41. The number of phosphoric acid groups is 1. The van der Waals surface area contributed by atoms with Crippen molar-refractivity contribution in [3.63, 3.8) is 0 Å². The van der Waals surface area contributed by atoms with Crippen LogP contribution in [0, 0.1) is 0 Å². The molecule has 0 unspecified atom stereocenters. The zero-order chi connectivity index (χ0) is 17.2. The zero-order valence-electron chi connectivity index (χ0n) is 13.1. The Hall–Kier alpha value is -0.130. The smallest absolute Gasteiger partial charge is 0.394 e. The van der Waals surface area contributed by atoms with Gasteiger partial charge in [0.2, 0.25) is 0 Å². The number of rotatable bonds is 18. The first-order valence-electron chi connectivity index (χ1n) is 7.26. The van der Waals surface area contributed by atoms with E-state index >= 15 is 0 Å². The van der Waals surface area contributed by atoms with E-state index < -0.39 is 7.82 Å². The van der Waals surface area contributed by atoms with Crippen molar-refractivity contribution in [2.75, 3.05) is 79.3 Å². The number of hydrogen-bond donors (Lipinski definition) is 3. The number of aliphatic hydroxyl groups is 1. The molecule has 0 bridgehead atoms. The quantitative estimate of drug-likeness (QED) is 0.210. The summed E-state index contributed by atoms with van der Waals surface area (Å²) in [5.74, 6) is 0. The molecule has 0 aromatic carbocycles. The second kappa shape index (κ2) is 16.7. The van der Waals surface area contributed by atoms with Crippen molar-refractivity contribution >= 4 is 7.82 Å². The van der Waals surface area contributed by atoms with Gasteiger partial charge in [0.15, 0.2) is 0 Å². The molecule has 0 aliphatic carbocycles. The van der Waals surface area contributed by atoms with Crippen molar-refractivity contribution < 1.29 is 47.7 Å². The third-order valence-corrected chi connectivity index (χ3v) is 2.73. The zero-order valence-corrected chi connectivity index (χ0v) is 14.0. The Labute approximate surface area is 135 Å². The van der Waals surface area contributed by atoms with Gasteiger partial charge < -0.3 is 38.6 Å². The maximum atomic E-state index is 10.3. The van der Waals surface area contributed by atoms with Gasteiger partial charge in [0.05, 0.1) is 79.3 Å². The molecule has 0 heterocycles. The molecule has 0 aromatic heterocycles. The van der Waals surface area contributed by atoms with Crippen LogP contribution < -0.4 is 0 Å². The second-order valence-corrected chi connectivity index (χ2v) is 5.35. The number of ether oxygens (including phenoxy) is 5. The van der Waals surface area contributed by atoms with Crippen LogP contribution in [-0.2, 0) is 32.8 Å². The van der Waals surface area contributed by atoms with Crippen LogP contribution in [0.5, 0.6) is 0 Å². The van der Waals surface area contributed by atoms with Gasteiger partial charge in [-0.25, -0.2) is 4.57 Å². The van der Waals surface area contributed by atoms with Crippen LogP contribution in [0.4, 0.5) is 0 Å². The number of aliphatic hydroxyl groups excluding tert-OH is 1. The predicted molar refractivity (Wildman–Crippen MR) is 79.2 cm³/mol. The highest BCUT2D eigenvalue weighted by Crippen LogP contribution is 2.35. The molecule has 11 heteroatoms. The van der Waals surface area contributed by atoms with Crippen LogP contribution in [-0.4, -0.2) is 94.2 Å². The fourth-order valence-corrected chi connectivity index (χ4v) is 1.57. The first kappa shape index (κ1) is 22.9. The standard InChI is InChI=1S/C12H27O10P/c13-1-2-17-3-4-18-5-6-19-7-8-20-9-10-21-11-12-22-23(14,15)16/h13H,1-12H2,(H2,14,15,16). The summed E-state index contributed by atoms with van der Waals surface area (Å²) in [6, 6.07) is 0. The molecule has 3 N–H and O–H groups in total. The Morgan fingerprint density at radius 1 is 0.565 bits per heavy atom. The van der Waals surface area contributed by atoms with Crippen molar-refractivity contribution in [3.05, 3.63) is 0 Å². The molecule has 0 radical (unpaired) electrons. The molecule has 0 aliphatic heterocycles. The summed E-state index contributed by atoms with van der Waals surface area (Å²) in [4.78, 5) is 16.8. The molecule has 0 atom stereocenters. The van der Waals surface area contributed by atoms with Crippen LogP contribution in [0.3, 0.4) is 0 Å². The average molecular weight is 362 g/mol. The highest BCUT2D eigenvalue weighted by Gasteiger charge is 2.12. The third-order valence-electron chi connectivity index (χ3n) is 2.21. The van der Waals surface area contributed by atoms with Gasteiger partial charge in [-0.1, -0.05) is 0 Å². The fourth-order valence-electron chi connectivity index (χ4n) is 1.26. The third kappa shape index (κ3) is 21.9. The lowest BCUT2D eigenvalue weighted by atomic mass is 10.7. The summed E-state index contributed by atoms with van der Waals surface area (Å²) in [5, 5.41) is 8.47. The largest absolute Gasteiger partial charge is 0.469 e. The number of phosphoric ester groups is 1. The van der Waals surface area contributed by atoms with E-state index in [9.17, 15) is 4.57 Å². The molecule has 0 fully saturated rings. The minimum Gasteiger partial charge on any atom is -0.394 e. The number of hydrogen-bond acceptors (Lipinski definition) is 8. The van der Waals surface area contributed by atoms with E-state index in [0.717, 1.165) is 0 Å². The van der Waals surface area contributed by atoms with Gasteiger partial charge in [-0.2, -0.15) is 0 Å². The lowest BCUT2D eigenvalue weighted by Crippen LogP contribution is -2.14. The highest BCUT2D eigenvalue weighted by molar-refractivity contribution is 7.46. The van der Waals surface area contributed by atoms with E-state index in [2.05, 4.69) is 4.52 Å². The molecule has 140 valence electrons. The van der Waals surface area contributed by atoms with E-state index in [1.54, 1.807) is 0 Å². The maximum Gasteiger partial charge on any atom is 0.469 e. The molecular formula is C12H27O10P. The Kier molecular flexibility index (Phi) is 16.6. The van der Waals surface area contributed by atoms with Crippen LogP contribution in [0.1, 0.15) is 0 Å². The summed E-state index contributed by atoms with van der Waals surface area (Å²) in [5.41, 5.74) is 0. The molecule has 0 aromatic rings. The van der Waals surface area contributed by atoms with Crippen molar-refractivity contribution in [1.29, 1.82) is 0 Å². The molecule has 0 spiro atoms. The van der Waals surface area contributed by atoms with Crippen molar-refractivity contribution in [3.8, 4) is 0 Å². The normalized spacial score (nSPS) is 12.0. The lowest BCUT2D eigenvalue weighted by Gasteiger charge is -2.08. The van der Waals surface area contributed by atoms with Crippen molar-refractivity contribution in [2.24, 2.45) is 0 Å². The fraction of sp³-hybridized carbons (Fsp3) is 1.00. The van der Waals surface area contributed by atoms with Crippen LogP contribution >= 0.6 is 7.82 Å². The SMILES string of the molecule is O=P(O)(O)OCCOCCOCCOCCOCCOCCO. The van der Waals surface area contributed by atoms with E-state index in [0.29, 0.717) is 59.5 Å². The summed E-state index contributed by atoms with van der Waals surface area (Å²) >= 11 is 0. The van der Waals surface area contributed by atoms with Crippen LogP contribution in [0.25, 0.3) is 0 Å². The lowest BCUT2D eigenvalue weighted by molar-refractivity contribution is -0.0151. The Balaban J connectivity index is 3.01. The highest BCUT2D eigenvalue weighted by atomic mass is 31.2. The first-order chi connectivity index (χ1) is 11.1. The van der Waals surface area contributed by atoms with Gasteiger partial charge in [0, 0.05) is 0 Å². The summed E-state index contributed by atoms with van der Waals surface area (Å²) in [6.45, 7) is 3.60. The summed E-state index contributed by atoms with van der Waals surface area (Å²) in [6.07, 6.45) is 0. The minimum atomic E-state index is -4.41. The molecule has 0 aliphatic rings. The van der Waals surface area contributed by atoms with Gasteiger partial charge in [0.25, 0.3) is 0 Å². The van der Waals surface area contributed by atoms with Crippen molar-refractivity contribution in [1.82, 2.24) is 0 Å². The second-order valence-electron chi connectivity index (χ2n) is 4.11. The molecule has 0 amide bonds. The predicted octanol–water partition coefficient (Wildman–Crippen LogP) is -0.829. The van der Waals surface area contributed by atoms with Crippen molar-refractivity contribution in [2.45, 2.75) is 0 Å². The maximum absolute atomic E-state index is 10.3. The molecule has 23 heavy (non-hydrogen) atoms. The molecule has 10 nitrogen and oxygen atoms in total. The van der Waals surface area contributed by atoms with Gasteiger partial charge in [-0.15, -0.1) is 0 Å². The van der Waals surface area contributed by atoms with Crippen LogP contribution in [0.15, 0.2) is 0 Å². The first-order valence-corrected chi connectivity index (χ1v) is 8.79. The van der Waals surface area contributed by atoms with Gasteiger partial charge in [0.1, 0.15) is 0 Å². The van der Waals surface area contributed by atoms with Gasteiger partial charge >= 0.3 is 7.82 Å². The Bertz CT molecular complexity index is 285. The molecule has 0 rings (SSSR count).